The summed E-state index contributed by atoms with van der Waals surface area (Å²) in [7, 11) is 0. The predicted molar refractivity (Wildman–Crippen MR) is 122 cm³/mol. The van der Waals surface area contributed by atoms with Gasteiger partial charge in [0.25, 0.3) is 5.91 Å². The minimum absolute atomic E-state index is 0.127. The molecule has 0 radical (unpaired) electrons. The first kappa shape index (κ1) is 23.3. The first-order chi connectivity index (χ1) is 15.2. The average molecular weight is 440 g/mol. The number of ether oxygens (including phenoxy) is 1. The van der Waals surface area contributed by atoms with E-state index >= 15 is 0 Å². The van der Waals surface area contributed by atoms with Crippen LogP contribution in [0.4, 0.5) is 11.4 Å². The Morgan fingerprint density at radius 3 is 2.44 bits per heavy atom. The van der Waals surface area contributed by atoms with E-state index in [9.17, 15) is 19.5 Å². The number of rotatable bonds is 8. The zero-order chi connectivity index (χ0) is 23.3. The molecule has 3 N–H and O–H groups in total. The molecular formula is C24H29N3O5. The summed E-state index contributed by atoms with van der Waals surface area (Å²) in [5.74, 6) is -0.582. The molecule has 1 aliphatic heterocycles. The molecule has 1 saturated heterocycles. The standard InChI is InChI=1S/C24H29N3O5/c1-15-5-4-6-16(2)23(15)26-21(29)14-32-20-9-7-19(8-10-20)27-13-18(11-22(27)30)24(31)25-12-17(3)28/h4-10,17-18,28H,11-14H2,1-3H3,(H,25,31)(H,26,29)/t17-,18+/m1/s1. The van der Waals surface area contributed by atoms with Gasteiger partial charge in [0.1, 0.15) is 5.75 Å². The summed E-state index contributed by atoms with van der Waals surface area (Å²) in [6, 6.07) is 12.6. The van der Waals surface area contributed by atoms with Gasteiger partial charge in [-0.05, 0) is 56.2 Å². The lowest BCUT2D eigenvalue weighted by Gasteiger charge is -2.17. The minimum Gasteiger partial charge on any atom is -0.484 e. The number of amides is 3. The predicted octanol–water partition coefficient (Wildman–Crippen LogP) is 2.17. The number of aliphatic hydroxyl groups is 1. The molecule has 3 amide bonds. The van der Waals surface area contributed by atoms with Gasteiger partial charge >= 0.3 is 0 Å². The first-order valence-electron chi connectivity index (χ1n) is 10.6. The lowest BCUT2D eigenvalue weighted by Crippen LogP contribution is -2.36. The fourth-order valence-electron chi connectivity index (χ4n) is 3.58. The molecule has 2 aromatic carbocycles. The van der Waals surface area contributed by atoms with Gasteiger partial charge in [0.2, 0.25) is 11.8 Å². The molecule has 2 aromatic rings. The normalized spacial score (nSPS) is 16.6. The Balaban J connectivity index is 1.53. The maximum absolute atomic E-state index is 12.4. The molecular weight excluding hydrogens is 410 g/mol. The summed E-state index contributed by atoms with van der Waals surface area (Å²) in [6.45, 7) is 5.76. The Labute approximate surface area is 187 Å². The van der Waals surface area contributed by atoms with Crippen molar-refractivity contribution in [3.63, 3.8) is 0 Å². The summed E-state index contributed by atoms with van der Waals surface area (Å²) >= 11 is 0. The summed E-state index contributed by atoms with van der Waals surface area (Å²) in [5.41, 5.74) is 3.41. The van der Waals surface area contributed by atoms with Gasteiger partial charge in [-0.25, -0.2) is 0 Å². The van der Waals surface area contributed by atoms with Crippen molar-refractivity contribution in [2.75, 3.05) is 29.9 Å². The maximum Gasteiger partial charge on any atom is 0.262 e. The van der Waals surface area contributed by atoms with Crippen LogP contribution in [-0.4, -0.2) is 48.6 Å². The number of nitrogens with one attached hydrogen (secondary N) is 2. The summed E-state index contributed by atoms with van der Waals surface area (Å²) in [6.07, 6.45) is -0.509. The molecule has 0 bridgehead atoms. The molecule has 2 atom stereocenters. The molecule has 1 heterocycles. The lowest BCUT2D eigenvalue weighted by atomic mass is 10.1. The fraction of sp³-hybridized carbons (Fsp3) is 0.375. The topological polar surface area (TPSA) is 108 Å². The van der Waals surface area contributed by atoms with Crippen LogP contribution in [0.15, 0.2) is 42.5 Å². The van der Waals surface area contributed by atoms with Crippen LogP contribution in [0.1, 0.15) is 24.5 Å². The third kappa shape index (κ3) is 5.85. The summed E-state index contributed by atoms with van der Waals surface area (Å²) in [5, 5.41) is 14.8. The highest BCUT2D eigenvalue weighted by atomic mass is 16.5. The number of hydrogen-bond donors (Lipinski definition) is 3. The van der Waals surface area contributed by atoms with Crippen LogP contribution in [0.2, 0.25) is 0 Å². The molecule has 170 valence electrons. The van der Waals surface area contributed by atoms with Crippen molar-refractivity contribution in [1.82, 2.24) is 5.32 Å². The SMILES string of the molecule is Cc1cccc(C)c1NC(=O)COc1ccc(N2C[C@@H](C(=O)NC[C@@H](C)O)CC2=O)cc1. The van der Waals surface area contributed by atoms with E-state index in [0.717, 1.165) is 16.8 Å². The molecule has 3 rings (SSSR count). The number of benzene rings is 2. The van der Waals surface area contributed by atoms with Crippen LogP contribution in [0.3, 0.4) is 0 Å². The van der Waals surface area contributed by atoms with E-state index in [2.05, 4.69) is 10.6 Å². The minimum atomic E-state index is -0.637. The first-order valence-corrected chi connectivity index (χ1v) is 10.6. The van der Waals surface area contributed by atoms with E-state index < -0.39 is 12.0 Å². The lowest BCUT2D eigenvalue weighted by molar-refractivity contribution is -0.126. The van der Waals surface area contributed by atoms with Gasteiger partial charge in [-0.1, -0.05) is 18.2 Å². The van der Waals surface area contributed by atoms with Crippen LogP contribution in [0, 0.1) is 19.8 Å². The zero-order valence-corrected chi connectivity index (χ0v) is 18.6. The van der Waals surface area contributed by atoms with Crippen molar-refractivity contribution in [2.24, 2.45) is 5.92 Å². The zero-order valence-electron chi connectivity index (χ0n) is 18.6. The highest BCUT2D eigenvalue weighted by Crippen LogP contribution is 2.27. The van der Waals surface area contributed by atoms with Crippen molar-refractivity contribution in [3.05, 3.63) is 53.6 Å². The van der Waals surface area contributed by atoms with Crippen molar-refractivity contribution < 1.29 is 24.2 Å². The molecule has 0 unspecified atom stereocenters. The molecule has 0 aliphatic carbocycles. The van der Waals surface area contributed by atoms with E-state index in [1.807, 2.05) is 32.0 Å². The molecule has 32 heavy (non-hydrogen) atoms. The smallest absolute Gasteiger partial charge is 0.262 e. The van der Waals surface area contributed by atoms with Crippen LogP contribution < -0.4 is 20.3 Å². The average Bonchev–Trinajstić information content (AvgIpc) is 3.15. The number of aryl methyl sites for hydroxylation is 2. The second kappa shape index (κ2) is 10.3. The van der Waals surface area contributed by atoms with E-state index in [4.69, 9.17) is 4.74 Å². The number of anilines is 2. The van der Waals surface area contributed by atoms with Crippen molar-refractivity contribution in [3.8, 4) is 5.75 Å². The van der Waals surface area contributed by atoms with Crippen LogP contribution >= 0.6 is 0 Å². The molecule has 8 heteroatoms. The summed E-state index contributed by atoms with van der Waals surface area (Å²) < 4.78 is 5.57. The van der Waals surface area contributed by atoms with Crippen molar-refractivity contribution in [2.45, 2.75) is 33.3 Å². The molecule has 0 saturated carbocycles. The fourth-order valence-corrected chi connectivity index (χ4v) is 3.58. The van der Waals surface area contributed by atoms with Gasteiger partial charge < -0.3 is 25.4 Å². The van der Waals surface area contributed by atoms with Gasteiger partial charge in [0, 0.05) is 30.9 Å². The monoisotopic (exact) mass is 439 g/mol. The molecule has 1 aliphatic rings. The Kier molecular flexibility index (Phi) is 7.48. The molecule has 0 aromatic heterocycles. The van der Waals surface area contributed by atoms with Crippen molar-refractivity contribution >= 4 is 29.1 Å². The number of carbonyl (C=O) groups is 3. The number of hydrogen-bond acceptors (Lipinski definition) is 5. The van der Waals surface area contributed by atoms with Gasteiger partial charge in [0.05, 0.1) is 12.0 Å². The third-order valence-electron chi connectivity index (χ3n) is 5.33. The van der Waals surface area contributed by atoms with E-state index in [-0.39, 0.29) is 43.8 Å². The highest BCUT2D eigenvalue weighted by Gasteiger charge is 2.35. The number of nitrogens with zero attached hydrogens (tertiary/aromatic N) is 1. The number of aliphatic hydroxyl groups excluding tert-OH is 1. The second-order valence-corrected chi connectivity index (χ2v) is 8.10. The number of carbonyl (C=O) groups excluding carboxylic acids is 3. The van der Waals surface area contributed by atoms with Crippen LogP contribution in [0.25, 0.3) is 0 Å². The Hall–Kier alpha value is -3.39. The van der Waals surface area contributed by atoms with Gasteiger partial charge in [-0.3, -0.25) is 14.4 Å². The summed E-state index contributed by atoms with van der Waals surface area (Å²) in [4.78, 5) is 38.4. The van der Waals surface area contributed by atoms with Gasteiger partial charge in [0.15, 0.2) is 6.61 Å². The molecule has 1 fully saturated rings. The number of para-hydroxylation sites is 1. The third-order valence-corrected chi connectivity index (χ3v) is 5.33. The van der Waals surface area contributed by atoms with E-state index in [0.29, 0.717) is 11.4 Å². The van der Waals surface area contributed by atoms with E-state index in [1.54, 1.807) is 36.1 Å². The van der Waals surface area contributed by atoms with Crippen molar-refractivity contribution in [1.29, 1.82) is 0 Å². The largest absolute Gasteiger partial charge is 0.484 e. The Morgan fingerprint density at radius 2 is 1.81 bits per heavy atom. The second-order valence-electron chi connectivity index (χ2n) is 8.10. The van der Waals surface area contributed by atoms with Crippen LogP contribution in [-0.2, 0) is 14.4 Å². The molecule has 0 spiro atoms. The van der Waals surface area contributed by atoms with E-state index in [1.165, 1.54) is 0 Å². The molecule has 8 nitrogen and oxygen atoms in total. The highest BCUT2D eigenvalue weighted by molar-refractivity contribution is 6.00. The van der Waals surface area contributed by atoms with Gasteiger partial charge in [-0.15, -0.1) is 0 Å². The van der Waals surface area contributed by atoms with Gasteiger partial charge in [-0.2, -0.15) is 0 Å². The Bertz CT molecular complexity index is 967. The quantitative estimate of drug-likeness (QED) is 0.584. The Morgan fingerprint density at radius 1 is 1.16 bits per heavy atom. The van der Waals surface area contributed by atoms with Crippen LogP contribution in [0.5, 0.6) is 5.75 Å². The maximum atomic E-state index is 12.4.